The summed E-state index contributed by atoms with van der Waals surface area (Å²) in [4.78, 5) is 1.52. The minimum atomic E-state index is -4.57. The van der Waals surface area contributed by atoms with E-state index in [4.69, 9.17) is 11.5 Å². The maximum absolute atomic E-state index is 13.4. The molecule has 7 heteroatoms. The molecule has 1 rings (SSSR count). The summed E-state index contributed by atoms with van der Waals surface area (Å²) >= 11 is 0. The highest BCUT2D eigenvalue weighted by molar-refractivity contribution is 5.17. The molecule has 3 nitrogen and oxygen atoms in total. The van der Waals surface area contributed by atoms with Gasteiger partial charge in [0.2, 0.25) is 0 Å². The molecular weight excluding hydrogens is 250 g/mol. The van der Waals surface area contributed by atoms with E-state index in [0.717, 1.165) is 6.08 Å². The van der Waals surface area contributed by atoms with Gasteiger partial charge in [0.15, 0.2) is 0 Å². The van der Waals surface area contributed by atoms with Crippen LogP contribution in [-0.2, 0) is 0 Å². The van der Waals surface area contributed by atoms with E-state index in [9.17, 15) is 17.6 Å². The van der Waals surface area contributed by atoms with Gasteiger partial charge >= 0.3 is 6.18 Å². The Kier molecular flexibility index (Phi) is 4.48. The number of nitrogens with two attached hydrogens (primary N) is 2. The number of hydrogen-bond acceptors (Lipinski definition) is 3. The van der Waals surface area contributed by atoms with Crippen LogP contribution in [-0.4, -0.2) is 30.3 Å². The van der Waals surface area contributed by atoms with Crippen LogP contribution < -0.4 is 11.5 Å². The van der Waals surface area contributed by atoms with Gasteiger partial charge in [0.05, 0.1) is 12.4 Å². The quantitative estimate of drug-likeness (QED) is 0.593. The smallest absolute Gasteiger partial charge is 0.395 e. The van der Waals surface area contributed by atoms with E-state index in [1.807, 2.05) is 0 Å². The number of rotatable bonds is 2. The second-order valence-corrected chi connectivity index (χ2v) is 4.44. The van der Waals surface area contributed by atoms with Crippen molar-refractivity contribution in [3.63, 3.8) is 0 Å². The first kappa shape index (κ1) is 14.7. The topological polar surface area (TPSA) is 55.3 Å². The van der Waals surface area contributed by atoms with Gasteiger partial charge in [-0.2, -0.15) is 13.2 Å². The number of likely N-dealkylation sites (tertiary alicyclic amines) is 1. The van der Waals surface area contributed by atoms with E-state index in [-0.39, 0.29) is 18.3 Å². The van der Waals surface area contributed by atoms with Crippen LogP contribution in [0.25, 0.3) is 0 Å². The molecule has 0 saturated carbocycles. The zero-order valence-electron chi connectivity index (χ0n) is 10.0. The van der Waals surface area contributed by atoms with Crippen LogP contribution in [0.5, 0.6) is 0 Å². The fraction of sp³-hybridized carbons (Fsp3) is 0.636. The third-order valence-electron chi connectivity index (χ3n) is 2.99. The average molecular weight is 267 g/mol. The van der Waals surface area contributed by atoms with E-state index >= 15 is 0 Å². The summed E-state index contributed by atoms with van der Waals surface area (Å²) in [5.74, 6) is 0.0431. The maximum atomic E-state index is 13.4. The van der Waals surface area contributed by atoms with Gasteiger partial charge in [-0.15, -0.1) is 0 Å². The van der Waals surface area contributed by atoms with Crippen LogP contribution >= 0.6 is 0 Å². The molecule has 1 aliphatic rings. The number of hydrogen-bond donors (Lipinski definition) is 2. The molecule has 1 saturated heterocycles. The monoisotopic (exact) mass is 267 g/mol. The second-order valence-electron chi connectivity index (χ2n) is 4.44. The van der Waals surface area contributed by atoms with Crippen molar-refractivity contribution in [2.24, 2.45) is 17.4 Å². The SMILES string of the molecule is C[C@@H]1CCN(/C(N)=C/C=C(\N)C(F)(F)F)C[C@@H]1F. The van der Waals surface area contributed by atoms with Crippen molar-refractivity contribution in [2.45, 2.75) is 25.7 Å². The molecule has 18 heavy (non-hydrogen) atoms. The van der Waals surface area contributed by atoms with Crippen molar-refractivity contribution in [2.75, 3.05) is 13.1 Å². The molecule has 2 atom stereocenters. The maximum Gasteiger partial charge on any atom is 0.430 e. The average Bonchev–Trinajstić information content (AvgIpc) is 2.27. The van der Waals surface area contributed by atoms with Crippen molar-refractivity contribution < 1.29 is 17.6 Å². The first-order valence-electron chi connectivity index (χ1n) is 5.61. The molecule has 1 heterocycles. The Labute approximate surface area is 103 Å². The number of piperidine rings is 1. The molecule has 1 fully saturated rings. The van der Waals surface area contributed by atoms with E-state index in [2.05, 4.69) is 0 Å². The summed E-state index contributed by atoms with van der Waals surface area (Å²) in [6.07, 6.45) is -3.22. The van der Waals surface area contributed by atoms with E-state index < -0.39 is 18.0 Å². The predicted molar refractivity (Wildman–Crippen MR) is 60.8 cm³/mol. The summed E-state index contributed by atoms with van der Waals surface area (Å²) in [6, 6.07) is 0. The molecule has 0 unspecified atom stereocenters. The molecular formula is C11H17F4N3. The van der Waals surface area contributed by atoms with Gasteiger partial charge in [0, 0.05) is 6.54 Å². The highest BCUT2D eigenvalue weighted by atomic mass is 19.4. The van der Waals surface area contributed by atoms with Gasteiger partial charge in [-0.25, -0.2) is 4.39 Å². The van der Waals surface area contributed by atoms with Gasteiger partial charge in [0.25, 0.3) is 0 Å². The molecule has 0 radical (unpaired) electrons. The lowest BCUT2D eigenvalue weighted by atomic mass is 9.97. The minimum absolute atomic E-state index is 0.0511. The number of nitrogens with zero attached hydrogens (tertiary/aromatic N) is 1. The lowest BCUT2D eigenvalue weighted by Gasteiger charge is -2.34. The first-order chi connectivity index (χ1) is 8.21. The van der Waals surface area contributed by atoms with Gasteiger partial charge in [0.1, 0.15) is 11.9 Å². The van der Waals surface area contributed by atoms with Crippen molar-refractivity contribution in [1.82, 2.24) is 4.90 Å². The lowest BCUT2D eigenvalue weighted by molar-refractivity contribution is -0.0926. The Balaban J connectivity index is 2.68. The fourth-order valence-electron chi connectivity index (χ4n) is 1.63. The Hall–Kier alpha value is -1.40. The first-order valence-corrected chi connectivity index (χ1v) is 5.61. The van der Waals surface area contributed by atoms with Gasteiger partial charge < -0.3 is 16.4 Å². The number of alkyl halides is 4. The third kappa shape index (κ3) is 3.82. The zero-order chi connectivity index (χ0) is 13.9. The van der Waals surface area contributed by atoms with Crippen molar-refractivity contribution >= 4 is 0 Å². The summed E-state index contributed by atoms with van der Waals surface area (Å²) in [5, 5.41) is 0. The highest BCUT2D eigenvalue weighted by Gasteiger charge is 2.31. The third-order valence-corrected chi connectivity index (χ3v) is 2.99. The molecule has 0 aromatic carbocycles. The molecule has 0 aromatic heterocycles. The molecule has 4 N–H and O–H groups in total. The van der Waals surface area contributed by atoms with Gasteiger partial charge in [-0.1, -0.05) is 6.92 Å². The van der Waals surface area contributed by atoms with Crippen molar-refractivity contribution in [1.29, 1.82) is 0 Å². The fourth-order valence-corrected chi connectivity index (χ4v) is 1.63. The zero-order valence-corrected chi connectivity index (χ0v) is 10.0. The largest absolute Gasteiger partial charge is 0.430 e. The molecule has 0 aliphatic carbocycles. The molecule has 0 bridgehead atoms. The summed E-state index contributed by atoms with van der Waals surface area (Å²) in [7, 11) is 0. The predicted octanol–water partition coefficient (Wildman–Crippen LogP) is 1.87. The van der Waals surface area contributed by atoms with E-state index in [1.165, 1.54) is 4.90 Å². The van der Waals surface area contributed by atoms with Crippen LogP contribution in [0.3, 0.4) is 0 Å². The van der Waals surface area contributed by atoms with E-state index in [0.29, 0.717) is 19.0 Å². The van der Waals surface area contributed by atoms with Crippen LogP contribution in [0.4, 0.5) is 17.6 Å². The van der Waals surface area contributed by atoms with Gasteiger partial charge in [-0.05, 0) is 24.5 Å². The summed E-state index contributed by atoms with van der Waals surface area (Å²) in [5.41, 5.74) is 9.19. The molecule has 1 aliphatic heterocycles. The van der Waals surface area contributed by atoms with Crippen LogP contribution in [0.15, 0.2) is 23.7 Å². The highest BCUT2D eigenvalue weighted by Crippen LogP contribution is 2.23. The Morgan fingerprint density at radius 2 is 1.89 bits per heavy atom. The second kappa shape index (κ2) is 5.49. The van der Waals surface area contributed by atoms with E-state index in [1.54, 1.807) is 6.92 Å². The molecule has 104 valence electrons. The summed E-state index contributed by atoms with van der Waals surface area (Å²) < 4.78 is 49.8. The Bertz CT molecular complexity index is 349. The van der Waals surface area contributed by atoms with Crippen molar-refractivity contribution in [3.05, 3.63) is 23.7 Å². The number of halogens is 4. The normalized spacial score (nSPS) is 27.5. The Morgan fingerprint density at radius 1 is 1.28 bits per heavy atom. The number of allylic oxidation sites excluding steroid dienone is 3. The standard InChI is InChI=1S/C11H17F4N3/c1-7-4-5-18(6-8(7)12)10(17)3-2-9(16)11(13,14)15/h2-3,7-8H,4-6,16-17H2,1H3/b9-2-,10-3+/t7-,8+/m1/s1. The van der Waals surface area contributed by atoms with Crippen LogP contribution in [0, 0.1) is 5.92 Å². The lowest BCUT2D eigenvalue weighted by Crippen LogP contribution is -2.42. The molecule has 0 amide bonds. The van der Waals surface area contributed by atoms with Gasteiger partial charge in [-0.3, -0.25) is 0 Å². The summed E-state index contributed by atoms with van der Waals surface area (Å²) in [6.45, 7) is 2.43. The van der Waals surface area contributed by atoms with Crippen LogP contribution in [0.1, 0.15) is 13.3 Å². The minimum Gasteiger partial charge on any atom is -0.395 e. The molecule has 0 spiro atoms. The van der Waals surface area contributed by atoms with Crippen LogP contribution in [0.2, 0.25) is 0 Å². The Morgan fingerprint density at radius 3 is 2.39 bits per heavy atom. The molecule has 0 aromatic rings. The van der Waals surface area contributed by atoms with Crippen molar-refractivity contribution in [3.8, 4) is 0 Å².